The zero-order valence-corrected chi connectivity index (χ0v) is 12.7. The van der Waals surface area contributed by atoms with E-state index in [1.165, 1.54) is 11.6 Å². The monoisotopic (exact) mass is 321 g/mol. The SMILES string of the molecule is O=C(/C=C/c1ccc(Cn2cnc3ccccc3c2=O)cc1)NO. The summed E-state index contributed by atoms with van der Waals surface area (Å²) < 4.78 is 1.56. The standard InChI is InChI=1S/C18H15N3O3/c22-17(20-24)10-9-13-5-7-14(8-6-13)11-21-12-19-16-4-2-1-3-15(16)18(21)23/h1-10,12,24H,11H2,(H,20,22)/b10-9+. The van der Waals surface area contributed by atoms with Crippen LogP contribution in [0, 0.1) is 0 Å². The van der Waals surface area contributed by atoms with Crippen molar-refractivity contribution in [2.45, 2.75) is 6.54 Å². The molecule has 1 heterocycles. The van der Waals surface area contributed by atoms with E-state index in [4.69, 9.17) is 5.21 Å². The molecule has 0 atom stereocenters. The molecule has 0 fully saturated rings. The van der Waals surface area contributed by atoms with Crippen molar-refractivity contribution in [1.29, 1.82) is 0 Å². The van der Waals surface area contributed by atoms with Gasteiger partial charge in [-0.2, -0.15) is 0 Å². The van der Waals surface area contributed by atoms with Crippen LogP contribution in [0.4, 0.5) is 0 Å². The molecule has 24 heavy (non-hydrogen) atoms. The molecule has 120 valence electrons. The average molecular weight is 321 g/mol. The Balaban J connectivity index is 1.82. The summed E-state index contributed by atoms with van der Waals surface area (Å²) in [6, 6.07) is 14.6. The third kappa shape index (κ3) is 3.39. The second kappa shape index (κ2) is 6.89. The van der Waals surface area contributed by atoms with Crippen LogP contribution in [0.5, 0.6) is 0 Å². The van der Waals surface area contributed by atoms with Gasteiger partial charge in [-0.05, 0) is 29.3 Å². The summed E-state index contributed by atoms with van der Waals surface area (Å²) in [7, 11) is 0. The Morgan fingerprint density at radius 3 is 2.67 bits per heavy atom. The van der Waals surface area contributed by atoms with Crippen LogP contribution in [0.2, 0.25) is 0 Å². The van der Waals surface area contributed by atoms with Gasteiger partial charge in [-0.1, -0.05) is 36.4 Å². The lowest BCUT2D eigenvalue weighted by Crippen LogP contribution is -2.21. The molecule has 1 amide bonds. The molecule has 0 saturated heterocycles. The molecule has 0 aliphatic rings. The molecule has 0 saturated carbocycles. The van der Waals surface area contributed by atoms with Crippen LogP contribution in [-0.4, -0.2) is 20.7 Å². The lowest BCUT2D eigenvalue weighted by atomic mass is 10.1. The van der Waals surface area contributed by atoms with Crippen LogP contribution in [0.15, 0.2) is 65.7 Å². The molecule has 0 bridgehead atoms. The number of carbonyl (C=O) groups excluding carboxylic acids is 1. The average Bonchev–Trinajstić information content (AvgIpc) is 2.63. The van der Waals surface area contributed by atoms with E-state index in [1.807, 2.05) is 42.5 Å². The fourth-order valence-electron chi connectivity index (χ4n) is 2.36. The van der Waals surface area contributed by atoms with Crippen LogP contribution in [-0.2, 0) is 11.3 Å². The van der Waals surface area contributed by atoms with Gasteiger partial charge in [0.25, 0.3) is 11.5 Å². The summed E-state index contributed by atoms with van der Waals surface area (Å²) in [4.78, 5) is 27.7. The molecular weight excluding hydrogens is 306 g/mol. The molecule has 0 aliphatic heterocycles. The number of aromatic nitrogens is 2. The van der Waals surface area contributed by atoms with E-state index in [0.717, 1.165) is 11.1 Å². The first kappa shape index (κ1) is 15.6. The number of rotatable bonds is 4. The van der Waals surface area contributed by atoms with Gasteiger partial charge in [0.05, 0.1) is 23.8 Å². The van der Waals surface area contributed by atoms with Crippen molar-refractivity contribution < 1.29 is 10.0 Å². The minimum atomic E-state index is -0.590. The van der Waals surface area contributed by atoms with Crippen molar-refractivity contribution in [3.05, 3.63) is 82.4 Å². The molecule has 1 aromatic heterocycles. The zero-order valence-electron chi connectivity index (χ0n) is 12.7. The first-order chi connectivity index (χ1) is 11.7. The summed E-state index contributed by atoms with van der Waals surface area (Å²) >= 11 is 0. The largest absolute Gasteiger partial charge is 0.294 e. The van der Waals surface area contributed by atoms with Gasteiger partial charge in [0.15, 0.2) is 0 Å². The lowest BCUT2D eigenvalue weighted by Gasteiger charge is -2.07. The van der Waals surface area contributed by atoms with E-state index >= 15 is 0 Å². The number of hydrogen-bond donors (Lipinski definition) is 2. The Labute approximate surface area is 137 Å². The quantitative estimate of drug-likeness (QED) is 0.437. The maximum atomic E-state index is 12.5. The Morgan fingerprint density at radius 1 is 1.17 bits per heavy atom. The van der Waals surface area contributed by atoms with Crippen molar-refractivity contribution >= 4 is 22.9 Å². The highest BCUT2D eigenvalue weighted by Crippen LogP contribution is 2.09. The van der Waals surface area contributed by atoms with Gasteiger partial charge in [-0.25, -0.2) is 10.5 Å². The summed E-state index contributed by atoms with van der Waals surface area (Å²) in [6.07, 6.45) is 4.36. The molecule has 0 radical (unpaired) electrons. The molecule has 6 nitrogen and oxygen atoms in total. The highest BCUT2D eigenvalue weighted by atomic mass is 16.5. The second-order valence-electron chi connectivity index (χ2n) is 5.25. The lowest BCUT2D eigenvalue weighted by molar-refractivity contribution is -0.124. The number of hydrogen-bond acceptors (Lipinski definition) is 4. The number of carbonyl (C=O) groups is 1. The predicted molar refractivity (Wildman–Crippen MR) is 90.5 cm³/mol. The summed E-state index contributed by atoms with van der Waals surface area (Å²) in [6.45, 7) is 0.414. The number of para-hydroxylation sites is 1. The number of fused-ring (bicyclic) bond motifs is 1. The van der Waals surface area contributed by atoms with Gasteiger partial charge in [-0.15, -0.1) is 0 Å². The fraction of sp³-hybridized carbons (Fsp3) is 0.0556. The van der Waals surface area contributed by atoms with Gasteiger partial charge in [0.1, 0.15) is 0 Å². The third-order valence-corrected chi connectivity index (χ3v) is 3.60. The molecule has 3 rings (SSSR count). The fourth-order valence-corrected chi connectivity index (χ4v) is 2.36. The van der Waals surface area contributed by atoms with Gasteiger partial charge >= 0.3 is 0 Å². The molecule has 0 unspecified atom stereocenters. The van der Waals surface area contributed by atoms with Gasteiger partial charge in [-0.3, -0.25) is 19.4 Å². The minimum Gasteiger partial charge on any atom is -0.294 e. The van der Waals surface area contributed by atoms with E-state index in [2.05, 4.69) is 4.98 Å². The maximum Gasteiger partial charge on any atom is 0.267 e. The van der Waals surface area contributed by atoms with E-state index < -0.39 is 5.91 Å². The molecule has 2 aromatic carbocycles. The van der Waals surface area contributed by atoms with Crippen molar-refractivity contribution in [2.24, 2.45) is 0 Å². The Kier molecular flexibility index (Phi) is 4.49. The van der Waals surface area contributed by atoms with Gasteiger partial charge < -0.3 is 0 Å². The van der Waals surface area contributed by atoms with E-state index in [0.29, 0.717) is 17.4 Å². The summed E-state index contributed by atoms with van der Waals surface area (Å²) in [5.74, 6) is -0.590. The number of amides is 1. The molecule has 6 heteroatoms. The predicted octanol–water partition coefficient (Wildman–Crippen LogP) is 1.96. The number of nitrogens with zero attached hydrogens (tertiary/aromatic N) is 2. The second-order valence-corrected chi connectivity index (χ2v) is 5.25. The van der Waals surface area contributed by atoms with E-state index in [9.17, 15) is 9.59 Å². The van der Waals surface area contributed by atoms with Gasteiger partial charge in [0, 0.05) is 6.08 Å². The molecule has 3 aromatic rings. The highest BCUT2D eigenvalue weighted by Gasteiger charge is 2.04. The topological polar surface area (TPSA) is 84.2 Å². The van der Waals surface area contributed by atoms with Crippen molar-refractivity contribution in [3.63, 3.8) is 0 Å². The molecule has 0 spiro atoms. The summed E-state index contributed by atoms with van der Waals surface area (Å²) in [5, 5.41) is 9.03. The first-order valence-electron chi connectivity index (χ1n) is 7.32. The van der Waals surface area contributed by atoms with Crippen LogP contribution in [0.1, 0.15) is 11.1 Å². The maximum absolute atomic E-state index is 12.5. The molecular formula is C18H15N3O3. The van der Waals surface area contributed by atoms with Crippen LogP contribution in [0.25, 0.3) is 17.0 Å². The Bertz CT molecular complexity index is 959. The molecule has 2 N–H and O–H groups in total. The normalized spacial score (nSPS) is 11.0. The molecule has 0 aliphatic carbocycles. The van der Waals surface area contributed by atoms with Crippen molar-refractivity contribution in [1.82, 2.24) is 15.0 Å². The highest BCUT2D eigenvalue weighted by molar-refractivity contribution is 5.90. The van der Waals surface area contributed by atoms with Crippen LogP contribution in [0.3, 0.4) is 0 Å². The van der Waals surface area contributed by atoms with E-state index in [-0.39, 0.29) is 5.56 Å². The number of benzene rings is 2. The minimum absolute atomic E-state index is 0.0795. The summed E-state index contributed by atoms with van der Waals surface area (Å²) in [5.41, 5.74) is 3.89. The van der Waals surface area contributed by atoms with Crippen LogP contribution >= 0.6 is 0 Å². The third-order valence-electron chi connectivity index (χ3n) is 3.60. The van der Waals surface area contributed by atoms with Crippen LogP contribution < -0.4 is 11.0 Å². The Morgan fingerprint density at radius 2 is 1.92 bits per heavy atom. The number of hydroxylamine groups is 1. The van der Waals surface area contributed by atoms with Crippen molar-refractivity contribution in [3.8, 4) is 0 Å². The van der Waals surface area contributed by atoms with Crippen molar-refractivity contribution in [2.75, 3.05) is 0 Å². The smallest absolute Gasteiger partial charge is 0.267 e. The van der Waals surface area contributed by atoms with Gasteiger partial charge in [0.2, 0.25) is 0 Å². The first-order valence-corrected chi connectivity index (χ1v) is 7.32. The number of nitrogens with one attached hydrogen (secondary N) is 1. The zero-order chi connectivity index (χ0) is 16.9. The Hall–Kier alpha value is -3.25. The van der Waals surface area contributed by atoms with E-state index in [1.54, 1.807) is 23.0 Å².